The fourth-order valence-electron chi connectivity index (χ4n) is 4.34. The van der Waals surface area contributed by atoms with Gasteiger partial charge in [0, 0.05) is 17.2 Å². The zero-order chi connectivity index (χ0) is 26.6. The number of nitrogens with two attached hydrogens (primary N) is 1. The van der Waals surface area contributed by atoms with Crippen molar-refractivity contribution >= 4 is 5.97 Å². The molecule has 2 N–H and O–H groups in total. The van der Waals surface area contributed by atoms with E-state index in [0.29, 0.717) is 28.2 Å². The molecule has 6 nitrogen and oxygen atoms in total. The second kappa shape index (κ2) is 10.5. The van der Waals surface area contributed by atoms with Crippen LogP contribution in [0, 0.1) is 24.1 Å². The van der Waals surface area contributed by atoms with Gasteiger partial charge in [-0.3, -0.25) is 0 Å². The highest BCUT2D eigenvalue weighted by Crippen LogP contribution is 2.44. The molecule has 7 heteroatoms. The van der Waals surface area contributed by atoms with Gasteiger partial charge in [-0.25, -0.2) is 9.18 Å². The maximum absolute atomic E-state index is 14.0. The monoisotopic (exact) mass is 506 g/mol. The van der Waals surface area contributed by atoms with Gasteiger partial charge in [0.1, 0.15) is 41.3 Å². The highest BCUT2D eigenvalue weighted by atomic mass is 19.1. The van der Waals surface area contributed by atoms with Gasteiger partial charge in [-0.1, -0.05) is 54.1 Å². The van der Waals surface area contributed by atoms with Gasteiger partial charge in [-0.15, -0.1) is 0 Å². The summed E-state index contributed by atoms with van der Waals surface area (Å²) >= 11 is 0. The minimum Gasteiger partial charge on any atom is -0.489 e. The smallest absolute Gasteiger partial charge is 0.343 e. The Bertz CT molecular complexity index is 1610. The molecule has 188 valence electrons. The highest BCUT2D eigenvalue weighted by Gasteiger charge is 2.31. The van der Waals surface area contributed by atoms with Crippen LogP contribution >= 0.6 is 0 Å². The third-order valence-electron chi connectivity index (χ3n) is 6.20. The fourth-order valence-corrected chi connectivity index (χ4v) is 4.34. The lowest BCUT2D eigenvalue weighted by Gasteiger charge is -2.27. The van der Waals surface area contributed by atoms with Crippen LogP contribution in [0.3, 0.4) is 0 Å². The van der Waals surface area contributed by atoms with Crippen LogP contribution in [0.5, 0.6) is 17.2 Å². The largest absolute Gasteiger partial charge is 0.489 e. The molecule has 38 heavy (non-hydrogen) atoms. The maximum atomic E-state index is 14.0. The van der Waals surface area contributed by atoms with Gasteiger partial charge in [0.15, 0.2) is 0 Å². The number of rotatable bonds is 6. The van der Waals surface area contributed by atoms with E-state index in [1.165, 1.54) is 6.07 Å². The summed E-state index contributed by atoms with van der Waals surface area (Å²) in [5.74, 6) is -0.251. The second-order valence-electron chi connectivity index (χ2n) is 8.84. The maximum Gasteiger partial charge on any atom is 0.343 e. The highest BCUT2D eigenvalue weighted by molar-refractivity contribution is 5.91. The molecule has 4 aromatic carbocycles. The summed E-state index contributed by atoms with van der Waals surface area (Å²) in [4.78, 5) is 12.6. The van der Waals surface area contributed by atoms with E-state index in [4.69, 9.17) is 19.9 Å². The van der Waals surface area contributed by atoms with Crippen molar-refractivity contribution in [2.45, 2.75) is 19.4 Å². The zero-order valence-corrected chi connectivity index (χ0v) is 20.5. The fraction of sp³-hybridized carbons (Fsp3) is 0.0968. The molecule has 4 aromatic rings. The molecular weight excluding hydrogens is 483 g/mol. The van der Waals surface area contributed by atoms with Gasteiger partial charge < -0.3 is 19.9 Å². The Balaban J connectivity index is 1.43. The number of ether oxygens (including phenoxy) is 3. The molecule has 0 bridgehead atoms. The molecular formula is C31H23FN2O4. The van der Waals surface area contributed by atoms with Crippen LogP contribution in [0.1, 0.15) is 38.5 Å². The molecule has 0 saturated heterocycles. The normalized spacial score (nSPS) is 14.2. The van der Waals surface area contributed by atoms with Crippen molar-refractivity contribution in [1.82, 2.24) is 0 Å². The van der Waals surface area contributed by atoms with E-state index >= 15 is 0 Å². The van der Waals surface area contributed by atoms with Gasteiger partial charge in [0.05, 0.1) is 11.5 Å². The number of carbonyl (C=O) groups is 1. The molecule has 0 aliphatic carbocycles. The van der Waals surface area contributed by atoms with Crippen LogP contribution < -0.4 is 19.9 Å². The number of fused-ring (bicyclic) bond motifs is 1. The first-order valence-electron chi connectivity index (χ1n) is 11.9. The van der Waals surface area contributed by atoms with E-state index in [1.54, 1.807) is 72.8 Å². The zero-order valence-electron chi connectivity index (χ0n) is 20.5. The van der Waals surface area contributed by atoms with Crippen LogP contribution in [0.2, 0.25) is 0 Å². The molecule has 1 aliphatic heterocycles. The van der Waals surface area contributed by atoms with Gasteiger partial charge in [-0.2, -0.15) is 5.26 Å². The first kappa shape index (κ1) is 24.6. The minimum atomic E-state index is -0.540. The van der Waals surface area contributed by atoms with E-state index in [0.717, 1.165) is 11.1 Å². The molecule has 0 radical (unpaired) electrons. The molecule has 0 spiro atoms. The van der Waals surface area contributed by atoms with Crippen LogP contribution in [0.25, 0.3) is 0 Å². The van der Waals surface area contributed by atoms with Crippen molar-refractivity contribution in [2.24, 2.45) is 5.73 Å². The van der Waals surface area contributed by atoms with Crippen molar-refractivity contribution in [3.63, 3.8) is 0 Å². The number of nitrogens with zero attached hydrogens (tertiary/aromatic N) is 1. The van der Waals surface area contributed by atoms with Crippen molar-refractivity contribution in [3.8, 4) is 23.3 Å². The number of aryl methyl sites for hydroxylation is 1. The topological polar surface area (TPSA) is 94.6 Å². The average Bonchev–Trinajstić information content (AvgIpc) is 2.92. The number of carbonyl (C=O) groups excluding carboxylic acids is 1. The molecule has 1 heterocycles. The van der Waals surface area contributed by atoms with Gasteiger partial charge in [-0.05, 0) is 48.9 Å². The quantitative estimate of drug-likeness (QED) is 0.249. The summed E-state index contributed by atoms with van der Waals surface area (Å²) in [6, 6.07) is 27.8. The van der Waals surface area contributed by atoms with Crippen LogP contribution in [-0.2, 0) is 6.61 Å². The van der Waals surface area contributed by atoms with E-state index in [9.17, 15) is 14.4 Å². The lowest BCUT2D eigenvalue weighted by Crippen LogP contribution is -2.21. The summed E-state index contributed by atoms with van der Waals surface area (Å²) in [6.45, 7) is 1.95. The Hall–Kier alpha value is -5.09. The lowest BCUT2D eigenvalue weighted by molar-refractivity contribution is 0.0734. The summed E-state index contributed by atoms with van der Waals surface area (Å²) in [5.41, 5.74) is 9.60. The summed E-state index contributed by atoms with van der Waals surface area (Å²) in [5, 5.41) is 9.88. The number of nitriles is 1. The Morgan fingerprint density at radius 3 is 2.61 bits per heavy atom. The first-order chi connectivity index (χ1) is 18.4. The molecule has 0 aromatic heterocycles. The molecule has 1 unspecified atom stereocenters. The Kier molecular flexibility index (Phi) is 6.79. The number of benzene rings is 4. The van der Waals surface area contributed by atoms with E-state index < -0.39 is 11.9 Å². The lowest BCUT2D eigenvalue weighted by atomic mass is 9.83. The number of allylic oxidation sites excluding steroid dienone is 1. The van der Waals surface area contributed by atoms with Crippen molar-refractivity contribution in [1.29, 1.82) is 5.26 Å². The Labute approximate surface area is 219 Å². The van der Waals surface area contributed by atoms with Crippen molar-refractivity contribution in [3.05, 3.63) is 136 Å². The molecule has 1 atom stereocenters. The first-order valence-corrected chi connectivity index (χ1v) is 11.9. The molecule has 0 amide bonds. The van der Waals surface area contributed by atoms with Gasteiger partial charge >= 0.3 is 5.97 Å². The van der Waals surface area contributed by atoms with Crippen LogP contribution in [0.4, 0.5) is 4.39 Å². The third-order valence-corrected chi connectivity index (χ3v) is 6.20. The van der Waals surface area contributed by atoms with Gasteiger partial charge in [0.2, 0.25) is 5.88 Å². The van der Waals surface area contributed by atoms with E-state index in [-0.39, 0.29) is 29.6 Å². The summed E-state index contributed by atoms with van der Waals surface area (Å²) in [7, 11) is 0. The van der Waals surface area contributed by atoms with E-state index in [2.05, 4.69) is 6.07 Å². The molecule has 5 rings (SSSR count). The van der Waals surface area contributed by atoms with Crippen LogP contribution in [-0.4, -0.2) is 5.97 Å². The molecule has 0 fully saturated rings. The second-order valence-corrected chi connectivity index (χ2v) is 8.84. The number of esters is 1. The predicted octanol–water partition coefficient (Wildman–Crippen LogP) is 6.15. The minimum absolute atomic E-state index is 0.0372. The Morgan fingerprint density at radius 2 is 1.82 bits per heavy atom. The summed E-state index contributed by atoms with van der Waals surface area (Å²) in [6.07, 6.45) is 0. The standard InChI is InChI=1S/C31H23FN2O4/c1-19-6-4-9-21(14-19)31(35)37-24-12-13-25-28(16-24)38-30(34)26(17-33)29(25)20-8-5-10-23(15-20)36-18-22-7-2-3-11-27(22)32/h2-16,29H,18,34H2,1H3. The number of halogens is 1. The van der Waals surface area contributed by atoms with Crippen molar-refractivity contribution < 1.29 is 23.4 Å². The average molecular weight is 507 g/mol. The molecule has 0 saturated carbocycles. The third kappa shape index (κ3) is 5.06. The number of hydrogen-bond acceptors (Lipinski definition) is 6. The van der Waals surface area contributed by atoms with Crippen LogP contribution in [0.15, 0.2) is 102 Å². The van der Waals surface area contributed by atoms with E-state index in [1.807, 2.05) is 19.1 Å². The molecule has 1 aliphatic rings. The predicted molar refractivity (Wildman–Crippen MR) is 139 cm³/mol. The van der Waals surface area contributed by atoms with Crippen molar-refractivity contribution in [2.75, 3.05) is 0 Å². The SMILES string of the molecule is Cc1cccc(C(=O)Oc2ccc3c(c2)OC(N)=C(C#N)C3c2cccc(OCc3ccccc3F)c2)c1. The van der Waals surface area contributed by atoms with Gasteiger partial charge in [0.25, 0.3) is 0 Å². The summed E-state index contributed by atoms with van der Waals surface area (Å²) < 4.78 is 31.2. The Morgan fingerprint density at radius 1 is 1.00 bits per heavy atom. The number of hydrogen-bond donors (Lipinski definition) is 1.